The van der Waals surface area contributed by atoms with E-state index in [-0.39, 0.29) is 33.1 Å². The second-order valence-corrected chi connectivity index (χ2v) is 2.79. The Hall–Kier alpha value is 0.660. The molecule has 0 unspecified atom stereocenters. The van der Waals surface area contributed by atoms with Gasteiger partial charge >= 0.3 is 0 Å². The van der Waals surface area contributed by atoms with Crippen LogP contribution >= 0.6 is 27.0 Å². The standard InChI is InChI=1S/C7H14O.2H2S/c1-6(8)7-4-2-3-5-7;;/h6-8H,2-5H2,1H3;2*1H2/t6-;;/m1../s1. The molecule has 0 aliphatic heterocycles. The highest BCUT2D eigenvalue weighted by Gasteiger charge is 2.18. The molecule has 0 spiro atoms. The molecule has 1 rings (SSSR count). The molecule has 0 heterocycles. The van der Waals surface area contributed by atoms with Gasteiger partial charge in [-0.2, -0.15) is 27.0 Å². The van der Waals surface area contributed by atoms with Crippen LogP contribution in [0.15, 0.2) is 0 Å². The van der Waals surface area contributed by atoms with Gasteiger partial charge in [0, 0.05) is 0 Å². The Bertz CT molecular complexity index is 70.0. The maximum atomic E-state index is 9.05. The molecular formula is C7H18OS2. The molecule has 0 aromatic heterocycles. The van der Waals surface area contributed by atoms with Crippen LogP contribution in [0.5, 0.6) is 0 Å². The normalized spacial score (nSPS) is 21.0. The van der Waals surface area contributed by atoms with Crippen LogP contribution in [-0.2, 0) is 0 Å². The molecule has 0 amide bonds. The molecule has 1 nitrogen and oxygen atoms in total. The third kappa shape index (κ3) is 3.74. The van der Waals surface area contributed by atoms with Crippen LogP contribution in [-0.4, -0.2) is 11.2 Å². The average molecular weight is 182 g/mol. The van der Waals surface area contributed by atoms with E-state index in [0.717, 1.165) is 0 Å². The fourth-order valence-corrected chi connectivity index (χ4v) is 1.44. The summed E-state index contributed by atoms with van der Waals surface area (Å²) in [4.78, 5) is 0. The first kappa shape index (κ1) is 13.3. The molecule has 0 saturated heterocycles. The molecule has 0 radical (unpaired) electrons. The lowest BCUT2D eigenvalue weighted by Crippen LogP contribution is -2.11. The van der Waals surface area contributed by atoms with Gasteiger partial charge in [0.15, 0.2) is 0 Å². The maximum absolute atomic E-state index is 9.05. The summed E-state index contributed by atoms with van der Waals surface area (Å²) in [5.41, 5.74) is 0. The lowest BCUT2D eigenvalue weighted by atomic mass is 10.0. The SMILES string of the molecule is C[C@@H](O)C1CCCC1.S.S. The van der Waals surface area contributed by atoms with Crippen LogP contribution in [0.4, 0.5) is 0 Å². The van der Waals surface area contributed by atoms with E-state index in [2.05, 4.69) is 0 Å². The molecule has 1 saturated carbocycles. The van der Waals surface area contributed by atoms with Gasteiger partial charge < -0.3 is 5.11 Å². The number of rotatable bonds is 1. The highest BCUT2D eigenvalue weighted by molar-refractivity contribution is 7.59. The topological polar surface area (TPSA) is 20.2 Å². The maximum Gasteiger partial charge on any atom is 0.0540 e. The number of aliphatic hydroxyl groups excluding tert-OH is 1. The third-order valence-corrected chi connectivity index (χ3v) is 2.08. The molecular weight excluding hydrogens is 164 g/mol. The summed E-state index contributed by atoms with van der Waals surface area (Å²) in [6.07, 6.45) is 5.10. The van der Waals surface area contributed by atoms with Crippen molar-refractivity contribution < 1.29 is 5.11 Å². The Morgan fingerprint density at radius 2 is 1.60 bits per heavy atom. The Balaban J connectivity index is 0. The summed E-state index contributed by atoms with van der Waals surface area (Å²) in [5.74, 6) is 0.620. The zero-order valence-electron chi connectivity index (χ0n) is 6.43. The quantitative estimate of drug-likeness (QED) is 0.655. The van der Waals surface area contributed by atoms with E-state index in [1.54, 1.807) is 0 Å². The van der Waals surface area contributed by atoms with Crippen molar-refractivity contribution in [3.8, 4) is 0 Å². The summed E-state index contributed by atoms with van der Waals surface area (Å²) in [6, 6.07) is 0. The minimum atomic E-state index is -0.0579. The molecule has 1 atom stereocenters. The lowest BCUT2D eigenvalue weighted by Gasteiger charge is -2.10. The highest BCUT2D eigenvalue weighted by atomic mass is 32.1. The van der Waals surface area contributed by atoms with Gasteiger partial charge in [-0.1, -0.05) is 12.8 Å². The molecule has 10 heavy (non-hydrogen) atoms. The molecule has 0 aromatic rings. The van der Waals surface area contributed by atoms with E-state index in [1.165, 1.54) is 25.7 Å². The van der Waals surface area contributed by atoms with Gasteiger partial charge in [0.25, 0.3) is 0 Å². The van der Waals surface area contributed by atoms with Gasteiger partial charge in [0.05, 0.1) is 6.10 Å². The van der Waals surface area contributed by atoms with Crippen LogP contribution in [0.1, 0.15) is 32.6 Å². The monoisotopic (exact) mass is 182 g/mol. The van der Waals surface area contributed by atoms with E-state index in [4.69, 9.17) is 5.11 Å². The molecule has 1 fully saturated rings. The Kier molecular flexibility index (Phi) is 8.46. The van der Waals surface area contributed by atoms with Gasteiger partial charge in [-0.05, 0) is 25.7 Å². The number of aliphatic hydroxyl groups is 1. The lowest BCUT2D eigenvalue weighted by molar-refractivity contribution is 0.129. The molecule has 1 aliphatic carbocycles. The van der Waals surface area contributed by atoms with Gasteiger partial charge in [0.2, 0.25) is 0 Å². The minimum Gasteiger partial charge on any atom is -0.393 e. The van der Waals surface area contributed by atoms with Gasteiger partial charge in [-0.15, -0.1) is 0 Å². The first-order valence-corrected chi connectivity index (χ1v) is 3.49. The zero-order valence-corrected chi connectivity index (χ0v) is 8.43. The third-order valence-electron chi connectivity index (χ3n) is 2.08. The Morgan fingerprint density at radius 3 is 1.80 bits per heavy atom. The molecule has 64 valence electrons. The molecule has 1 aliphatic rings. The van der Waals surface area contributed by atoms with E-state index in [1.807, 2.05) is 6.92 Å². The Morgan fingerprint density at radius 1 is 1.20 bits per heavy atom. The summed E-state index contributed by atoms with van der Waals surface area (Å²) < 4.78 is 0. The molecule has 0 aromatic carbocycles. The van der Waals surface area contributed by atoms with Crippen LogP contribution in [0.2, 0.25) is 0 Å². The van der Waals surface area contributed by atoms with Gasteiger partial charge in [-0.3, -0.25) is 0 Å². The summed E-state index contributed by atoms with van der Waals surface area (Å²) >= 11 is 0. The summed E-state index contributed by atoms with van der Waals surface area (Å²) in [5, 5.41) is 9.05. The smallest absolute Gasteiger partial charge is 0.0540 e. The minimum absolute atomic E-state index is 0. The highest BCUT2D eigenvalue weighted by Crippen LogP contribution is 2.26. The van der Waals surface area contributed by atoms with Crippen molar-refractivity contribution in [2.45, 2.75) is 38.7 Å². The largest absolute Gasteiger partial charge is 0.393 e. The molecule has 0 bridgehead atoms. The first-order chi connectivity index (χ1) is 3.80. The van der Waals surface area contributed by atoms with Crippen LogP contribution in [0, 0.1) is 5.92 Å². The van der Waals surface area contributed by atoms with E-state index < -0.39 is 0 Å². The number of hydrogen-bond acceptors (Lipinski definition) is 1. The van der Waals surface area contributed by atoms with Crippen LogP contribution < -0.4 is 0 Å². The van der Waals surface area contributed by atoms with Gasteiger partial charge in [0.1, 0.15) is 0 Å². The van der Waals surface area contributed by atoms with E-state index in [9.17, 15) is 0 Å². The predicted molar refractivity (Wildman–Crippen MR) is 54.4 cm³/mol. The van der Waals surface area contributed by atoms with Crippen molar-refractivity contribution >= 4 is 27.0 Å². The second kappa shape index (κ2) is 6.38. The molecule has 3 heteroatoms. The van der Waals surface area contributed by atoms with Gasteiger partial charge in [-0.25, -0.2) is 0 Å². The average Bonchev–Trinajstić information content (AvgIpc) is 2.12. The second-order valence-electron chi connectivity index (χ2n) is 2.79. The van der Waals surface area contributed by atoms with Crippen molar-refractivity contribution in [1.29, 1.82) is 0 Å². The zero-order chi connectivity index (χ0) is 5.98. The first-order valence-electron chi connectivity index (χ1n) is 3.49. The Labute approximate surface area is 77.1 Å². The molecule has 1 N–H and O–H groups in total. The number of hydrogen-bond donors (Lipinski definition) is 1. The van der Waals surface area contributed by atoms with E-state index in [0.29, 0.717) is 5.92 Å². The summed E-state index contributed by atoms with van der Waals surface area (Å²) in [6.45, 7) is 1.90. The van der Waals surface area contributed by atoms with Crippen LogP contribution in [0.25, 0.3) is 0 Å². The van der Waals surface area contributed by atoms with Crippen molar-refractivity contribution in [3.63, 3.8) is 0 Å². The van der Waals surface area contributed by atoms with Crippen LogP contribution in [0.3, 0.4) is 0 Å². The van der Waals surface area contributed by atoms with Crippen molar-refractivity contribution in [3.05, 3.63) is 0 Å². The fraction of sp³-hybridized carbons (Fsp3) is 1.00. The predicted octanol–water partition coefficient (Wildman–Crippen LogP) is 1.78. The fourth-order valence-electron chi connectivity index (χ4n) is 1.44. The van der Waals surface area contributed by atoms with Crippen molar-refractivity contribution in [1.82, 2.24) is 0 Å². The van der Waals surface area contributed by atoms with E-state index >= 15 is 0 Å². The van der Waals surface area contributed by atoms with Crippen molar-refractivity contribution in [2.75, 3.05) is 0 Å². The van der Waals surface area contributed by atoms with Crippen molar-refractivity contribution in [2.24, 2.45) is 5.92 Å². The summed E-state index contributed by atoms with van der Waals surface area (Å²) in [7, 11) is 0.